The van der Waals surface area contributed by atoms with E-state index < -0.39 is 33.4 Å². The summed E-state index contributed by atoms with van der Waals surface area (Å²) in [7, 11) is -3.69. The number of nitrogens with one attached hydrogen (secondary N) is 3. The maximum Gasteiger partial charge on any atom is 0.412 e. The van der Waals surface area contributed by atoms with Gasteiger partial charge in [0.2, 0.25) is 10.0 Å². The second kappa shape index (κ2) is 9.44. The molecule has 168 valence electrons. The summed E-state index contributed by atoms with van der Waals surface area (Å²) < 4.78 is 45.7. The Balaban J connectivity index is 2.20. The molecule has 0 aliphatic heterocycles. The lowest BCUT2D eigenvalue weighted by atomic mass is 10.2. The Labute approximate surface area is 181 Å². The highest BCUT2D eigenvalue weighted by Gasteiger charge is 2.19. The molecule has 8 nitrogen and oxygen atoms in total. The largest absolute Gasteiger partial charge is 0.444 e. The van der Waals surface area contributed by atoms with Gasteiger partial charge in [-0.1, -0.05) is 0 Å². The van der Waals surface area contributed by atoms with Gasteiger partial charge in [-0.15, -0.1) is 0 Å². The smallest absolute Gasteiger partial charge is 0.412 e. The van der Waals surface area contributed by atoms with Gasteiger partial charge in [-0.3, -0.25) is 10.1 Å². The Morgan fingerprint density at radius 2 is 1.58 bits per heavy atom. The Hall–Kier alpha value is -2.98. The first-order valence-corrected chi connectivity index (χ1v) is 11.0. The molecule has 0 bridgehead atoms. The van der Waals surface area contributed by atoms with Crippen LogP contribution in [0.15, 0.2) is 47.4 Å². The van der Waals surface area contributed by atoms with Crippen LogP contribution in [0.3, 0.4) is 0 Å². The highest BCUT2D eigenvalue weighted by Crippen LogP contribution is 2.24. The zero-order chi connectivity index (χ0) is 23.4. The van der Waals surface area contributed by atoms with E-state index in [4.69, 9.17) is 4.74 Å². The molecular formula is C21H26FN3O5S. The standard InChI is InChI=1S/C21H26FN3O5S/c1-13(2)25-31(28,29)16-9-6-14(7-10-16)19(26)23-18-12-15(22)8-11-17(18)24-20(27)30-21(3,4)5/h6-13,25H,1-5H3,(H,23,26)(H,24,27). The molecule has 2 amide bonds. The van der Waals surface area contributed by atoms with Crippen LogP contribution in [0.2, 0.25) is 0 Å². The summed E-state index contributed by atoms with van der Waals surface area (Å²) in [5, 5.41) is 4.98. The summed E-state index contributed by atoms with van der Waals surface area (Å²) in [5.41, 5.74) is -0.422. The van der Waals surface area contributed by atoms with Crippen LogP contribution in [-0.4, -0.2) is 32.1 Å². The molecule has 0 spiro atoms. The van der Waals surface area contributed by atoms with Gasteiger partial charge >= 0.3 is 6.09 Å². The molecule has 0 radical (unpaired) electrons. The monoisotopic (exact) mass is 451 g/mol. The average molecular weight is 452 g/mol. The van der Waals surface area contributed by atoms with Crippen molar-refractivity contribution < 1.29 is 27.1 Å². The minimum atomic E-state index is -3.69. The third kappa shape index (κ3) is 7.34. The van der Waals surface area contributed by atoms with Crippen LogP contribution < -0.4 is 15.4 Å². The molecular weight excluding hydrogens is 425 g/mol. The van der Waals surface area contributed by atoms with Gasteiger partial charge in [-0.2, -0.15) is 0 Å². The quantitative estimate of drug-likeness (QED) is 0.612. The van der Waals surface area contributed by atoms with Gasteiger partial charge in [0.1, 0.15) is 11.4 Å². The predicted octanol–water partition coefficient (Wildman–Crippen LogP) is 4.11. The van der Waals surface area contributed by atoms with E-state index in [1.165, 1.54) is 30.3 Å². The molecule has 0 saturated carbocycles. The number of rotatable bonds is 6. The number of benzene rings is 2. The maximum atomic E-state index is 13.7. The van der Waals surface area contributed by atoms with Gasteiger partial charge in [0.25, 0.3) is 5.91 Å². The Kier molecular flexibility index (Phi) is 7.40. The number of carbonyl (C=O) groups is 2. The van der Waals surface area contributed by atoms with Gasteiger partial charge in [-0.05, 0) is 77.1 Å². The molecule has 3 N–H and O–H groups in total. The van der Waals surface area contributed by atoms with E-state index in [-0.39, 0.29) is 27.9 Å². The van der Waals surface area contributed by atoms with Crippen LogP contribution in [0.4, 0.5) is 20.6 Å². The SMILES string of the molecule is CC(C)NS(=O)(=O)c1ccc(C(=O)Nc2cc(F)ccc2NC(=O)OC(C)(C)C)cc1. The number of ether oxygens (including phenoxy) is 1. The minimum Gasteiger partial charge on any atom is -0.444 e. The molecule has 2 rings (SSSR count). The summed E-state index contributed by atoms with van der Waals surface area (Å²) in [6, 6.07) is 8.46. The molecule has 0 aromatic heterocycles. The second-order valence-electron chi connectivity index (χ2n) is 8.07. The third-order valence-electron chi connectivity index (χ3n) is 3.68. The van der Waals surface area contributed by atoms with E-state index in [1.807, 2.05) is 0 Å². The summed E-state index contributed by atoms with van der Waals surface area (Å²) >= 11 is 0. The average Bonchev–Trinajstić information content (AvgIpc) is 2.61. The molecule has 0 atom stereocenters. The topological polar surface area (TPSA) is 114 Å². The lowest BCUT2D eigenvalue weighted by Crippen LogP contribution is -2.30. The van der Waals surface area contributed by atoms with Crippen molar-refractivity contribution >= 4 is 33.4 Å². The van der Waals surface area contributed by atoms with Crippen molar-refractivity contribution in [3.63, 3.8) is 0 Å². The van der Waals surface area contributed by atoms with Gasteiger partial charge in [0.15, 0.2) is 0 Å². The minimum absolute atomic E-state index is 0.00999. The van der Waals surface area contributed by atoms with Gasteiger partial charge in [0, 0.05) is 11.6 Å². The molecule has 0 saturated heterocycles. The molecule has 31 heavy (non-hydrogen) atoms. The van der Waals surface area contributed by atoms with Crippen LogP contribution in [0.1, 0.15) is 45.0 Å². The molecule has 0 heterocycles. The Bertz CT molecular complexity index is 1060. The molecule has 0 fully saturated rings. The van der Waals surface area contributed by atoms with Crippen molar-refractivity contribution in [3.8, 4) is 0 Å². The van der Waals surface area contributed by atoms with Crippen molar-refractivity contribution in [1.82, 2.24) is 4.72 Å². The van der Waals surface area contributed by atoms with Crippen molar-refractivity contribution in [2.75, 3.05) is 10.6 Å². The van der Waals surface area contributed by atoms with Crippen molar-refractivity contribution in [3.05, 3.63) is 53.8 Å². The first kappa shape index (κ1) is 24.3. The number of sulfonamides is 1. The van der Waals surface area contributed by atoms with E-state index in [1.54, 1.807) is 34.6 Å². The van der Waals surface area contributed by atoms with E-state index in [0.717, 1.165) is 12.1 Å². The van der Waals surface area contributed by atoms with Gasteiger partial charge < -0.3 is 10.1 Å². The summed E-state index contributed by atoms with van der Waals surface area (Å²) in [5.74, 6) is -1.23. The molecule has 10 heteroatoms. The van der Waals surface area contributed by atoms with Crippen molar-refractivity contribution in [2.45, 2.75) is 51.2 Å². The van der Waals surface area contributed by atoms with E-state index >= 15 is 0 Å². The number of halogens is 1. The normalized spacial score (nSPS) is 11.8. The van der Waals surface area contributed by atoms with Gasteiger partial charge in [0.05, 0.1) is 16.3 Å². The summed E-state index contributed by atoms with van der Waals surface area (Å²) in [4.78, 5) is 24.6. The fraction of sp³-hybridized carbons (Fsp3) is 0.333. The van der Waals surface area contributed by atoms with Crippen LogP contribution in [0.25, 0.3) is 0 Å². The zero-order valence-corrected chi connectivity index (χ0v) is 18.8. The van der Waals surface area contributed by atoms with Crippen LogP contribution in [0.5, 0.6) is 0 Å². The van der Waals surface area contributed by atoms with Gasteiger partial charge in [-0.25, -0.2) is 22.3 Å². The highest BCUT2D eigenvalue weighted by molar-refractivity contribution is 7.89. The first-order chi connectivity index (χ1) is 14.3. The molecule has 0 aliphatic rings. The van der Waals surface area contributed by atoms with Crippen LogP contribution >= 0.6 is 0 Å². The first-order valence-electron chi connectivity index (χ1n) is 9.50. The van der Waals surface area contributed by atoms with Crippen molar-refractivity contribution in [2.24, 2.45) is 0 Å². The van der Waals surface area contributed by atoms with E-state index in [0.29, 0.717) is 0 Å². The number of hydrogen-bond donors (Lipinski definition) is 3. The Morgan fingerprint density at radius 3 is 2.13 bits per heavy atom. The lowest BCUT2D eigenvalue weighted by molar-refractivity contribution is 0.0635. The van der Waals surface area contributed by atoms with Crippen LogP contribution in [0, 0.1) is 5.82 Å². The third-order valence-corrected chi connectivity index (χ3v) is 5.36. The van der Waals surface area contributed by atoms with Crippen molar-refractivity contribution in [1.29, 1.82) is 0 Å². The fourth-order valence-electron chi connectivity index (χ4n) is 2.50. The number of amides is 2. The highest BCUT2D eigenvalue weighted by atomic mass is 32.2. The lowest BCUT2D eigenvalue weighted by Gasteiger charge is -2.20. The fourth-order valence-corrected chi connectivity index (χ4v) is 3.75. The van der Waals surface area contributed by atoms with Crippen LogP contribution in [-0.2, 0) is 14.8 Å². The summed E-state index contributed by atoms with van der Waals surface area (Å²) in [6.45, 7) is 8.48. The van der Waals surface area contributed by atoms with E-state index in [2.05, 4.69) is 15.4 Å². The number of carbonyl (C=O) groups excluding carboxylic acids is 2. The van der Waals surface area contributed by atoms with E-state index in [9.17, 15) is 22.4 Å². The molecule has 2 aromatic carbocycles. The number of hydrogen-bond acceptors (Lipinski definition) is 5. The second-order valence-corrected chi connectivity index (χ2v) is 9.79. The Morgan fingerprint density at radius 1 is 0.968 bits per heavy atom. The molecule has 2 aromatic rings. The predicted molar refractivity (Wildman–Crippen MR) is 116 cm³/mol. The maximum absolute atomic E-state index is 13.7. The molecule has 0 aliphatic carbocycles. The summed E-state index contributed by atoms with van der Waals surface area (Å²) in [6.07, 6.45) is -0.762. The molecule has 0 unspecified atom stereocenters. The zero-order valence-electron chi connectivity index (χ0n) is 17.9. The number of anilines is 2.